The lowest BCUT2D eigenvalue weighted by Crippen LogP contribution is -2.45. The summed E-state index contributed by atoms with van der Waals surface area (Å²) in [6.45, 7) is 1.43. The fourth-order valence-electron chi connectivity index (χ4n) is 2.65. The average molecular weight is 302 g/mol. The molecule has 1 aliphatic rings. The number of hydrogen-bond donors (Lipinski definition) is 1. The van der Waals surface area contributed by atoms with Gasteiger partial charge in [0.05, 0.1) is 16.4 Å². The van der Waals surface area contributed by atoms with Gasteiger partial charge in [0.15, 0.2) is 0 Å². The van der Waals surface area contributed by atoms with Gasteiger partial charge >= 0.3 is 0 Å². The number of halogens is 1. The maximum absolute atomic E-state index is 12.2. The highest BCUT2D eigenvalue weighted by Crippen LogP contribution is 2.34. The second-order valence-electron chi connectivity index (χ2n) is 5.02. The van der Waals surface area contributed by atoms with Crippen molar-refractivity contribution in [3.05, 3.63) is 21.3 Å². The van der Waals surface area contributed by atoms with Gasteiger partial charge in [-0.1, -0.05) is 11.6 Å². The van der Waals surface area contributed by atoms with E-state index in [1.165, 1.54) is 0 Å². The van der Waals surface area contributed by atoms with Crippen LogP contribution in [0.2, 0.25) is 4.34 Å². The summed E-state index contributed by atoms with van der Waals surface area (Å²) < 4.78 is 0.767. The number of likely N-dealkylation sites (N-methyl/N-ethyl adjacent to an activating group) is 1. The van der Waals surface area contributed by atoms with Crippen molar-refractivity contribution in [1.82, 2.24) is 9.80 Å². The number of rotatable bonds is 4. The highest BCUT2D eigenvalue weighted by Gasteiger charge is 2.36. The van der Waals surface area contributed by atoms with Crippen molar-refractivity contribution >= 4 is 28.8 Å². The number of nitrogens with two attached hydrogens (primary N) is 1. The van der Waals surface area contributed by atoms with Gasteiger partial charge in [-0.15, -0.1) is 11.3 Å². The quantitative estimate of drug-likeness (QED) is 0.925. The van der Waals surface area contributed by atoms with E-state index in [2.05, 4.69) is 4.90 Å². The number of thiophene rings is 1. The van der Waals surface area contributed by atoms with Crippen molar-refractivity contribution < 1.29 is 4.79 Å². The Kier molecular flexibility index (Phi) is 4.84. The van der Waals surface area contributed by atoms with Crippen LogP contribution in [0.5, 0.6) is 0 Å². The molecule has 2 atom stereocenters. The van der Waals surface area contributed by atoms with E-state index in [0.29, 0.717) is 6.54 Å². The van der Waals surface area contributed by atoms with Gasteiger partial charge in [0.2, 0.25) is 5.91 Å². The third-order valence-electron chi connectivity index (χ3n) is 3.57. The predicted octanol–water partition coefficient (Wildman–Crippen LogP) is 1.95. The molecule has 0 aromatic carbocycles. The lowest BCUT2D eigenvalue weighted by molar-refractivity contribution is -0.134. The number of nitrogens with zero attached hydrogens (tertiary/aromatic N) is 2. The minimum Gasteiger partial charge on any atom is -0.347 e. The molecule has 2 heterocycles. The van der Waals surface area contributed by atoms with Gasteiger partial charge in [-0.25, -0.2) is 0 Å². The molecule has 4 nitrogen and oxygen atoms in total. The number of hydrogen-bond acceptors (Lipinski definition) is 4. The van der Waals surface area contributed by atoms with Crippen LogP contribution in [0.25, 0.3) is 0 Å². The van der Waals surface area contributed by atoms with E-state index in [-0.39, 0.29) is 18.0 Å². The van der Waals surface area contributed by atoms with Gasteiger partial charge < -0.3 is 10.6 Å². The van der Waals surface area contributed by atoms with Gasteiger partial charge in [0.1, 0.15) is 0 Å². The standard InChI is InChI=1S/C13H20ClN3OS/c1-16(2)13(18)9-4-3-7-17(9)10(8-15)11-5-6-12(14)19-11/h5-6,9-10H,3-4,7-8,15H2,1-2H3. The van der Waals surface area contributed by atoms with Crippen molar-refractivity contribution in [3.63, 3.8) is 0 Å². The maximum atomic E-state index is 12.2. The van der Waals surface area contributed by atoms with Crippen LogP contribution < -0.4 is 5.73 Å². The molecular weight excluding hydrogens is 282 g/mol. The number of carbonyl (C=O) groups excluding carboxylic acids is 1. The van der Waals surface area contributed by atoms with Gasteiger partial charge in [0, 0.05) is 25.5 Å². The summed E-state index contributed by atoms with van der Waals surface area (Å²) in [5, 5.41) is 0. The Balaban J connectivity index is 2.20. The molecule has 1 amide bonds. The lowest BCUT2D eigenvalue weighted by Gasteiger charge is -2.32. The van der Waals surface area contributed by atoms with Crippen molar-refractivity contribution in [3.8, 4) is 0 Å². The van der Waals surface area contributed by atoms with Crippen molar-refractivity contribution in [2.75, 3.05) is 27.2 Å². The minimum absolute atomic E-state index is 0.0515. The topological polar surface area (TPSA) is 49.6 Å². The Hall–Kier alpha value is -0.620. The predicted molar refractivity (Wildman–Crippen MR) is 79.5 cm³/mol. The SMILES string of the molecule is CN(C)C(=O)C1CCCN1C(CN)c1ccc(Cl)s1. The summed E-state index contributed by atoms with van der Waals surface area (Å²) in [5.74, 6) is 0.165. The van der Waals surface area contributed by atoms with Gasteiger partial charge in [-0.3, -0.25) is 9.69 Å². The third kappa shape index (κ3) is 3.11. The molecule has 0 bridgehead atoms. The van der Waals surface area contributed by atoms with Crippen LogP contribution >= 0.6 is 22.9 Å². The first-order valence-electron chi connectivity index (χ1n) is 6.46. The van der Waals surface area contributed by atoms with E-state index in [4.69, 9.17) is 17.3 Å². The Morgan fingerprint density at radius 1 is 1.63 bits per heavy atom. The first-order chi connectivity index (χ1) is 9.04. The van der Waals surface area contributed by atoms with Gasteiger partial charge in [-0.05, 0) is 31.5 Å². The molecule has 1 aromatic heterocycles. The summed E-state index contributed by atoms with van der Waals surface area (Å²) in [6, 6.07) is 3.95. The zero-order chi connectivity index (χ0) is 14.0. The Labute approximate surface area is 123 Å². The molecule has 0 aliphatic carbocycles. The summed E-state index contributed by atoms with van der Waals surface area (Å²) in [4.78, 5) is 17.3. The molecule has 1 aliphatic heterocycles. The minimum atomic E-state index is -0.0515. The first-order valence-corrected chi connectivity index (χ1v) is 7.66. The monoisotopic (exact) mass is 301 g/mol. The summed E-state index contributed by atoms with van der Waals surface area (Å²) in [6.07, 6.45) is 1.95. The third-order valence-corrected chi connectivity index (χ3v) is 4.90. The van der Waals surface area contributed by atoms with E-state index < -0.39 is 0 Å². The van der Waals surface area contributed by atoms with Crippen LogP contribution in [0.4, 0.5) is 0 Å². The number of carbonyl (C=O) groups is 1. The van der Waals surface area contributed by atoms with Crippen molar-refractivity contribution in [2.45, 2.75) is 24.9 Å². The second-order valence-corrected chi connectivity index (χ2v) is 6.77. The highest BCUT2D eigenvalue weighted by atomic mass is 35.5. The first kappa shape index (κ1) is 14.8. The largest absolute Gasteiger partial charge is 0.347 e. The average Bonchev–Trinajstić information content (AvgIpc) is 2.99. The molecule has 1 saturated heterocycles. The van der Waals surface area contributed by atoms with Crippen LogP contribution in [0.15, 0.2) is 12.1 Å². The molecule has 1 fully saturated rings. The zero-order valence-corrected chi connectivity index (χ0v) is 12.9. The summed E-state index contributed by atoms with van der Waals surface area (Å²) in [7, 11) is 3.61. The highest BCUT2D eigenvalue weighted by molar-refractivity contribution is 7.16. The molecule has 0 radical (unpaired) electrons. The molecule has 6 heteroatoms. The van der Waals surface area contributed by atoms with Crippen LogP contribution in [0.3, 0.4) is 0 Å². The fraction of sp³-hybridized carbons (Fsp3) is 0.615. The van der Waals surface area contributed by atoms with E-state index in [9.17, 15) is 4.79 Å². The van der Waals surface area contributed by atoms with Gasteiger partial charge in [0.25, 0.3) is 0 Å². The van der Waals surface area contributed by atoms with Crippen LogP contribution in [0, 0.1) is 0 Å². The Morgan fingerprint density at radius 3 is 2.89 bits per heavy atom. The Morgan fingerprint density at radius 2 is 2.37 bits per heavy atom. The second kappa shape index (κ2) is 6.22. The zero-order valence-electron chi connectivity index (χ0n) is 11.3. The van der Waals surface area contributed by atoms with Crippen LogP contribution in [0.1, 0.15) is 23.8 Å². The van der Waals surface area contributed by atoms with Gasteiger partial charge in [-0.2, -0.15) is 0 Å². The lowest BCUT2D eigenvalue weighted by atomic mass is 10.1. The molecule has 2 rings (SSSR count). The van der Waals surface area contributed by atoms with Crippen LogP contribution in [-0.4, -0.2) is 48.9 Å². The molecule has 106 valence electrons. The van der Waals surface area contributed by atoms with Crippen molar-refractivity contribution in [2.24, 2.45) is 5.73 Å². The molecular formula is C13H20ClN3OS. The molecule has 0 saturated carbocycles. The van der Waals surface area contributed by atoms with E-state index in [1.54, 1.807) is 30.3 Å². The molecule has 0 spiro atoms. The number of likely N-dealkylation sites (tertiary alicyclic amines) is 1. The molecule has 19 heavy (non-hydrogen) atoms. The molecule has 2 unspecified atom stereocenters. The fourth-order valence-corrected chi connectivity index (χ4v) is 3.84. The summed E-state index contributed by atoms with van der Waals surface area (Å²) >= 11 is 7.55. The maximum Gasteiger partial charge on any atom is 0.239 e. The van der Waals surface area contributed by atoms with E-state index in [0.717, 1.165) is 28.6 Å². The normalized spacial score (nSPS) is 21.6. The Bertz CT molecular complexity index is 449. The van der Waals surface area contributed by atoms with Crippen molar-refractivity contribution in [1.29, 1.82) is 0 Å². The smallest absolute Gasteiger partial charge is 0.239 e. The number of amides is 1. The van der Waals surface area contributed by atoms with Crippen LogP contribution in [-0.2, 0) is 4.79 Å². The molecule has 1 aromatic rings. The van der Waals surface area contributed by atoms with E-state index >= 15 is 0 Å². The summed E-state index contributed by atoms with van der Waals surface area (Å²) in [5.41, 5.74) is 5.93. The molecule has 2 N–H and O–H groups in total. The van der Waals surface area contributed by atoms with E-state index in [1.807, 2.05) is 12.1 Å².